The van der Waals surface area contributed by atoms with E-state index in [1.165, 1.54) is 16.7 Å². The smallest absolute Gasteiger partial charge is 0.0688 e. The molecule has 3 N–H and O–H groups in total. The number of hydrogen-bond donors (Lipinski definition) is 3. The van der Waals surface area contributed by atoms with Crippen LogP contribution < -0.4 is 0 Å². The predicted octanol–water partition coefficient (Wildman–Crippen LogP) is 15.7. The number of rotatable bonds is 0. The van der Waals surface area contributed by atoms with Gasteiger partial charge in [-0.2, -0.15) is 0 Å². The third-order valence-electron chi connectivity index (χ3n) is 7.03. The summed E-state index contributed by atoms with van der Waals surface area (Å²) in [4.78, 5) is 19.8. The van der Waals surface area contributed by atoms with E-state index >= 15 is 0 Å². The van der Waals surface area contributed by atoms with Crippen LogP contribution in [0, 0.1) is 41.5 Å². The molecule has 0 atom stereocenters. The van der Waals surface area contributed by atoms with Gasteiger partial charge in [-0.25, -0.2) is 9.97 Å². The molecule has 0 aliphatic carbocycles. The molecule has 5 heteroatoms. The van der Waals surface area contributed by atoms with E-state index in [0.29, 0.717) is 0 Å². The maximum absolute atomic E-state index is 4.86. The summed E-state index contributed by atoms with van der Waals surface area (Å²) in [6, 6.07) is 8.52. The van der Waals surface area contributed by atoms with Gasteiger partial charge in [-0.1, -0.05) is 111 Å². The first-order valence-corrected chi connectivity index (χ1v) is 19.9. The van der Waals surface area contributed by atoms with Crippen molar-refractivity contribution < 1.29 is 0 Å². The first-order chi connectivity index (χ1) is 24.8. The third kappa shape index (κ3) is 16.2. The minimum Gasteiger partial charge on any atom is -0.367 e. The number of H-pyrrole nitrogens is 3. The number of aryl methyl sites for hydroxylation is 5. The van der Waals surface area contributed by atoms with Crippen molar-refractivity contribution in [3.05, 3.63) is 92.8 Å². The molecule has 0 radical (unpaired) electrons. The van der Waals surface area contributed by atoms with Gasteiger partial charge in [-0.05, 0) is 118 Å². The Kier molecular flexibility index (Phi) is 34.8. The molecule has 2 aliphatic rings. The standard InChI is InChI=1S/C24H22N4.C6H9N.8C2H6/c1-13-17-5-7-19(25-17)14(2)21-9-11-23(27-21)16(4)24-12-10-22(28-24)15(3)20-8-6-18(13)26-20;1-5-3-7-4-6(5)2;8*1-2/h5-12,25-26H,1-4H3;3-4,7H,1-2H3;8*1-2H3. The van der Waals surface area contributed by atoms with Crippen LogP contribution in [0.1, 0.15) is 167 Å². The lowest BCUT2D eigenvalue weighted by Gasteiger charge is -1.97. The molecule has 4 aromatic rings. The second kappa shape index (κ2) is 33.0. The molecule has 0 fully saturated rings. The van der Waals surface area contributed by atoms with Gasteiger partial charge in [-0.3, -0.25) is 0 Å². The summed E-state index contributed by atoms with van der Waals surface area (Å²) in [5.41, 5.74) is 15.5. The summed E-state index contributed by atoms with van der Waals surface area (Å²) in [5.74, 6) is 0. The van der Waals surface area contributed by atoms with Crippen molar-refractivity contribution in [2.45, 2.75) is 152 Å². The normalized spacial score (nSPS) is 9.22. The highest BCUT2D eigenvalue weighted by atomic mass is 14.8. The maximum atomic E-state index is 4.86. The van der Waals surface area contributed by atoms with Crippen molar-refractivity contribution in [3.63, 3.8) is 0 Å². The van der Waals surface area contributed by atoms with Crippen LogP contribution in [-0.4, -0.2) is 24.9 Å². The molecule has 6 heterocycles. The summed E-state index contributed by atoms with van der Waals surface area (Å²) in [6.07, 6.45) is 12.3. The Morgan fingerprint density at radius 2 is 0.569 bits per heavy atom. The minimum absolute atomic E-state index is 0.973. The van der Waals surface area contributed by atoms with Crippen LogP contribution in [0.2, 0.25) is 0 Å². The summed E-state index contributed by atoms with van der Waals surface area (Å²) in [7, 11) is 0. The minimum atomic E-state index is 0.973. The van der Waals surface area contributed by atoms with E-state index in [-0.39, 0.29) is 0 Å². The molecule has 0 saturated heterocycles. The Bertz CT molecular complexity index is 1540. The van der Waals surface area contributed by atoms with Crippen LogP contribution >= 0.6 is 0 Å². The summed E-state index contributed by atoms with van der Waals surface area (Å²) in [6.45, 7) is 44.6. The molecule has 2 aliphatic heterocycles. The topological polar surface area (TPSA) is 73.2 Å². The zero-order chi connectivity index (χ0) is 40.7. The fourth-order valence-corrected chi connectivity index (χ4v) is 4.30. The molecule has 4 aromatic heterocycles. The highest BCUT2D eigenvalue weighted by molar-refractivity contribution is 5.82. The van der Waals surface area contributed by atoms with Crippen LogP contribution in [-0.2, 0) is 0 Å². The van der Waals surface area contributed by atoms with E-state index in [0.717, 1.165) is 61.5 Å². The molecule has 0 saturated carbocycles. The van der Waals surface area contributed by atoms with Gasteiger partial charge in [0.2, 0.25) is 0 Å². The number of hydrogen-bond acceptors (Lipinski definition) is 2. The van der Waals surface area contributed by atoms with E-state index < -0.39 is 0 Å². The average molecular weight is 702 g/mol. The Labute approximate surface area is 315 Å². The van der Waals surface area contributed by atoms with Crippen molar-refractivity contribution in [1.29, 1.82) is 0 Å². The highest BCUT2D eigenvalue weighted by Crippen LogP contribution is 2.25. The maximum Gasteiger partial charge on any atom is 0.0688 e. The van der Waals surface area contributed by atoms with Gasteiger partial charge in [0.15, 0.2) is 0 Å². The van der Waals surface area contributed by atoms with Gasteiger partial charge in [-0.15, -0.1) is 0 Å². The Morgan fingerprint density at radius 3 is 0.804 bits per heavy atom. The molecule has 0 spiro atoms. The molecular formula is C46H79N5. The monoisotopic (exact) mass is 702 g/mol. The number of aromatic amines is 3. The molecule has 0 unspecified atom stereocenters. The van der Waals surface area contributed by atoms with E-state index in [4.69, 9.17) is 9.97 Å². The Morgan fingerprint density at radius 1 is 0.333 bits per heavy atom. The Hall–Kier alpha value is -4.12. The van der Waals surface area contributed by atoms with Crippen molar-refractivity contribution >= 4 is 46.4 Å². The predicted molar refractivity (Wildman–Crippen MR) is 239 cm³/mol. The lowest BCUT2D eigenvalue weighted by atomic mass is 10.2. The Balaban J connectivity index is -0.000000403. The average Bonchev–Trinajstić information content (AvgIpc) is 4.08. The quantitative estimate of drug-likeness (QED) is 0.147. The highest BCUT2D eigenvalue weighted by Gasteiger charge is 2.11. The van der Waals surface area contributed by atoms with Gasteiger partial charge >= 0.3 is 0 Å². The van der Waals surface area contributed by atoms with Crippen LogP contribution in [0.4, 0.5) is 0 Å². The lowest BCUT2D eigenvalue weighted by Crippen LogP contribution is -1.88. The first-order valence-electron chi connectivity index (χ1n) is 19.9. The zero-order valence-corrected chi connectivity index (χ0v) is 37.2. The molecule has 8 bridgehead atoms. The second-order valence-corrected chi connectivity index (χ2v) is 9.32. The SMILES string of the molecule is CC.CC.CC.CC.CC.CC.CC.CC.Cc1c2nc(c(C)c3ccc([nH]3)c(C)c3ccc([nH]3)c(C)c3nc1C=C3)C=C2.Cc1c[nH]cc1C. The van der Waals surface area contributed by atoms with E-state index in [2.05, 4.69) is 105 Å². The van der Waals surface area contributed by atoms with Gasteiger partial charge in [0, 0.05) is 40.0 Å². The third-order valence-corrected chi connectivity index (χ3v) is 7.03. The molecule has 5 nitrogen and oxygen atoms in total. The van der Waals surface area contributed by atoms with Crippen molar-refractivity contribution in [2.24, 2.45) is 0 Å². The molecule has 288 valence electrons. The zero-order valence-electron chi connectivity index (χ0n) is 37.2. The van der Waals surface area contributed by atoms with Gasteiger partial charge in [0.1, 0.15) is 0 Å². The largest absolute Gasteiger partial charge is 0.367 e. The van der Waals surface area contributed by atoms with Gasteiger partial charge < -0.3 is 15.0 Å². The second-order valence-electron chi connectivity index (χ2n) is 9.32. The van der Waals surface area contributed by atoms with Crippen LogP contribution in [0.25, 0.3) is 46.4 Å². The number of aromatic nitrogens is 5. The van der Waals surface area contributed by atoms with E-state index in [1.54, 1.807) is 0 Å². The molecule has 51 heavy (non-hydrogen) atoms. The van der Waals surface area contributed by atoms with Crippen molar-refractivity contribution in [3.8, 4) is 0 Å². The fourth-order valence-electron chi connectivity index (χ4n) is 4.30. The number of nitrogens with one attached hydrogen (secondary N) is 3. The van der Waals surface area contributed by atoms with Crippen molar-refractivity contribution in [1.82, 2.24) is 24.9 Å². The van der Waals surface area contributed by atoms with Crippen molar-refractivity contribution in [2.75, 3.05) is 0 Å². The van der Waals surface area contributed by atoms with Crippen LogP contribution in [0.5, 0.6) is 0 Å². The first kappa shape index (κ1) is 53.7. The fraction of sp³-hybridized carbons (Fsp3) is 0.478. The lowest BCUT2D eigenvalue weighted by molar-refractivity contribution is 1.19. The summed E-state index contributed by atoms with van der Waals surface area (Å²) >= 11 is 0. The molecule has 6 rings (SSSR count). The van der Waals surface area contributed by atoms with Crippen LogP contribution in [0.3, 0.4) is 0 Å². The summed E-state index contributed by atoms with van der Waals surface area (Å²) in [5, 5.41) is 0. The van der Waals surface area contributed by atoms with Crippen LogP contribution in [0.15, 0.2) is 36.7 Å². The van der Waals surface area contributed by atoms with Gasteiger partial charge in [0.25, 0.3) is 0 Å². The van der Waals surface area contributed by atoms with E-state index in [9.17, 15) is 0 Å². The van der Waals surface area contributed by atoms with E-state index in [1.807, 2.05) is 123 Å². The number of nitrogens with zero attached hydrogens (tertiary/aromatic N) is 2. The summed E-state index contributed by atoms with van der Waals surface area (Å²) < 4.78 is 0. The molecule has 0 amide bonds. The van der Waals surface area contributed by atoms with Gasteiger partial charge in [0.05, 0.1) is 22.8 Å². The molecular weight excluding hydrogens is 623 g/mol. The number of fused-ring (bicyclic) bond motifs is 8. The molecule has 0 aromatic carbocycles.